The Hall–Kier alpha value is -2.64. The number of likely N-dealkylation sites (N-methyl/N-ethyl adjacent to an activating group) is 1. The van der Waals surface area contributed by atoms with Gasteiger partial charge in [0.1, 0.15) is 5.82 Å². The average molecular weight is 415 g/mol. The lowest BCUT2D eigenvalue weighted by Crippen LogP contribution is -3.12. The van der Waals surface area contributed by atoms with E-state index in [1.165, 1.54) is 28.8 Å². The molecule has 0 saturated heterocycles. The number of carbonyl (C=O) groups excluding carboxylic acids is 2. The number of amides is 2. The molecular formula is C22H25FN3O2S+. The molecule has 0 unspecified atom stereocenters. The summed E-state index contributed by atoms with van der Waals surface area (Å²) >= 11 is 1.26. The monoisotopic (exact) mass is 414 g/mol. The van der Waals surface area contributed by atoms with Crippen LogP contribution in [0.2, 0.25) is 0 Å². The van der Waals surface area contributed by atoms with Crippen LogP contribution in [0, 0.1) is 5.82 Å². The zero-order chi connectivity index (χ0) is 20.8. The fraction of sp³-hybridized carbons (Fsp3) is 0.273. The van der Waals surface area contributed by atoms with Crippen molar-refractivity contribution in [1.29, 1.82) is 0 Å². The van der Waals surface area contributed by atoms with Crippen molar-refractivity contribution in [2.24, 2.45) is 0 Å². The third-order valence-corrected chi connectivity index (χ3v) is 5.99. The second-order valence-electron chi connectivity index (χ2n) is 6.76. The fourth-order valence-electron chi connectivity index (χ4n) is 3.09. The number of nitrogens with one attached hydrogen (secondary N) is 3. The van der Waals surface area contributed by atoms with Crippen molar-refractivity contribution >= 4 is 35.3 Å². The highest BCUT2D eigenvalue weighted by Gasteiger charge is 2.22. The quantitative estimate of drug-likeness (QED) is 0.611. The third-order valence-electron chi connectivity index (χ3n) is 4.89. The van der Waals surface area contributed by atoms with Crippen molar-refractivity contribution in [1.82, 2.24) is 5.32 Å². The molecule has 29 heavy (non-hydrogen) atoms. The predicted molar refractivity (Wildman–Crippen MR) is 115 cm³/mol. The first-order valence-corrected chi connectivity index (χ1v) is 10.5. The van der Waals surface area contributed by atoms with Gasteiger partial charge in [-0.2, -0.15) is 0 Å². The number of thioether (sulfide) groups is 1. The zero-order valence-electron chi connectivity index (χ0n) is 16.5. The van der Waals surface area contributed by atoms with Crippen molar-refractivity contribution < 1.29 is 18.9 Å². The maximum atomic E-state index is 13.9. The summed E-state index contributed by atoms with van der Waals surface area (Å²) in [4.78, 5) is 27.5. The van der Waals surface area contributed by atoms with Crippen molar-refractivity contribution in [2.45, 2.75) is 18.7 Å². The van der Waals surface area contributed by atoms with E-state index in [0.717, 1.165) is 24.5 Å². The molecule has 3 N–H and O–H groups in total. The van der Waals surface area contributed by atoms with Crippen LogP contribution in [-0.4, -0.2) is 38.0 Å². The largest absolute Gasteiger partial charge is 0.346 e. The zero-order valence-corrected chi connectivity index (χ0v) is 17.4. The van der Waals surface area contributed by atoms with Crippen LogP contribution < -0.4 is 15.5 Å². The summed E-state index contributed by atoms with van der Waals surface area (Å²) in [6.45, 7) is 7.77. The van der Waals surface area contributed by atoms with Gasteiger partial charge >= 0.3 is 0 Å². The van der Waals surface area contributed by atoms with E-state index in [0.29, 0.717) is 28.3 Å². The maximum absolute atomic E-state index is 13.9. The van der Waals surface area contributed by atoms with Crippen LogP contribution in [0.4, 0.5) is 10.1 Å². The topological polar surface area (TPSA) is 62.6 Å². The van der Waals surface area contributed by atoms with E-state index in [2.05, 4.69) is 24.5 Å². The third kappa shape index (κ3) is 5.25. The molecule has 1 aliphatic heterocycles. The number of fused-ring (bicyclic) bond motifs is 1. The second kappa shape index (κ2) is 9.71. The van der Waals surface area contributed by atoms with Gasteiger partial charge in [-0.15, -0.1) is 0 Å². The van der Waals surface area contributed by atoms with Gasteiger partial charge in [0.25, 0.3) is 11.8 Å². The number of carbonyl (C=O) groups is 2. The summed E-state index contributed by atoms with van der Waals surface area (Å²) < 4.78 is 13.9. The van der Waals surface area contributed by atoms with Gasteiger partial charge in [-0.3, -0.25) is 9.59 Å². The summed E-state index contributed by atoms with van der Waals surface area (Å²) in [5.41, 5.74) is 1.45. The lowest BCUT2D eigenvalue weighted by Gasteiger charge is -2.20. The van der Waals surface area contributed by atoms with Crippen LogP contribution >= 0.6 is 11.8 Å². The summed E-state index contributed by atoms with van der Waals surface area (Å²) in [6.07, 6.45) is 1.54. The minimum atomic E-state index is -0.377. The molecule has 3 rings (SSSR count). The fourth-order valence-corrected chi connectivity index (χ4v) is 4.02. The van der Waals surface area contributed by atoms with Crippen molar-refractivity contribution in [3.63, 3.8) is 0 Å². The van der Waals surface area contributed by atoms with Gasteiger partial charge in [0.15, 0.2) is 0 Å². The van der Waals surface area contributed by atoms with Gasteiger partial charge < -0.3 is 15.5 Å². The van der Waals surface area contributed by atoms with Crippen LogP contribution in [0.3, 0.4) is 0 Å². The molecule has 1 heterocycles. The van der Waals surface area contributed by atoms with Crippen LogP contribution in [0.25, 0.3) is 6.08 Å². The van der Waals surface area contributed by atoms with Crippen LogP contribution in [-0.2, 0) is 4.79 Å². The van der Waals surface area contributed by atoms with E-state index >= 15 is 0 Å². The summed E-state index contributed by atoms with van der Waals surface area (Å²) in [5, 5.41) is 5.73. The molecule has 1 aliphatic rings. The van der Waals surface area contributed by atoms with E-state index in [1.54, 1.807) is 36.4 Å². The van der Waals surface area contributed by atoms with Crippen LogP contribution in [0.1, 0.15) is 29.8 Å². The van der Waals surface area contributed by atoms with E-state index < -0.39 is 0 Å². The molecule has 0 spiro atoms. The second-order valence-corrected chi connectivity index (χ2v) is 7.84. The Morgan fingerprint density at radius 2 is 1.97 bits per heavy atom. The molecule has 152 valence electrons. The number of benzene rings is 2. The van der Waals surface area contributed by atoms with Gasteiger partial charge in [0.2, 0.25) is 0 Å². The maximum Gasteiger partial charge on any atom is 0.262 e. The van der Waals surface area contributed by atoms with Crippen LogP contribution in [0.5, 0.6) is 0 Å². The molecule has 2 amide bonds. The molecule has 0 aliphatic carbocycles. The summed E-state index contributed by atoms with van der Waals surface area (Å²) in [5.74, 6) is -0.850. The van der Waals surface area contributed by atoms with Gasteiger partial charge in [0, 0.05) is 16.0 Å². The minimum absolute atomic E-state index is 0.161. The number of hydrogen-bond donors (Lipinski definition) is 3. The highest BCUT2D eigenvalue weighted by atomic mass is 32.2. The average Bonchev–Trinajstić information content (AvgIpc) is 2.73. The predicted octanol–water partition coefficient (Wildman–Crippen LogP) is 2.57. The van der Waals surface area contributed by atoms with E-state index in [4.69, 9.17) is 0 Å². The first-order valence-electron chi connectivity index (χ1n) is 9.73. The number of rotatable bonds is 7. The Balaban J connectivity index is 1.70. The molecule has 7 heteroatoms. The normalized spacial score (nSPS) is 14.6. The molecule has 2 aromatic rings. The SMILES string of the molecule is CC[NH+](CC)CCNC(=O)c1ccc2c(c1)NC(=O)C(=Cc1ccccc1F)S2. The highest BCUT2D eigenvalue weighted by molar-refractivity contribution is 8.04. The smallest absolute Gasteiger partial charge is 0.262 e. The molecule has 2 aromatic carbocycles. The highest BCUT2D eigenvalue weighted by Crippen LogP contribution is 2.39. The van der Waals surface area contributed by atoms with Gasteiger partial charge in [-0.05, 0) is 44.2 Å². The van der Waals surface area contributed by atoms with Crippen molar-refractivity contribution in [3.8, 4) is 0 Å². The standard InChI is InChI=1S/C22H24FN3O2S/c1-3-26(4-2)12-11-24-21(27)16-9-10-19-18(13-16)25-22(28)20(29-19)14-15-7-5-6-8-17(15)23/h5-10,13-14H,3-4,11-12H2,1-2H3,(H,24,27)(H,25,28)/p+1. The molecule has 0 saturated carbocycles. The van der Waals surface area contributed by atoms with E-state index in [9.17, 15) is 14.0 Å². The number of hydrogen-bond acceptors (Lipinski definition) is 3. The van der Waals surface area contributed by atoms with Gasteiger partial charge in [0.05, 0.1) is 36.8 Å². The Bertz CT molecular complexity index is 941. The number of quaternary nitrogens is 1. The molecule has 0 bridgehead atoms. The first-order chi connectivity index (χ1) is 14.0. The lowest BCUT2D eigenvalue weighted by molar-refractivity contribution is -0.895. The van der Waals surface area contributed by atoms with Gasteiger partial charge in [-0.1, -0.05) is 30.0 Å². The molecule has 0 fully saturated rings. The van der Waals surface area contributed by atoms with Crippen LogP contribution in [0.15, 0.2) is 52.3 Å². The van der Waals surface area contributed by atoms with E-state index in [1.807, 2.05) is 0 Å². The Morgan fingerprint density at radius 1 is 1.21 bits per heavy atom. The molecule has 0 aromatic heterocycles. The Morgan fingerprint density at radius 3 is 2.69 bits per heavy atom. The Kier molecular flexibility index (Phi) is 7.06. The van der Waals surface area contributed by atoms with E-state index in [-0.39, 0.29) is 17.6 Å². The molecule has 0 atom stereocenters. The van der Waals surface area contributed by atoms with Crippen molar-refractivity contribution in [2.75, 3.05) is 31.5 Å². The Labute approximate surface area is 174 Å². The van der Waals surface area contributed by atoms with Gasteiger partial charge in [-0.25, -0.2) is 4.39 Å². The molecule has 0 radical (unpaired) electrons. The molecular weight excluding hydrogens is 389 g/mol. The van der Waals surface area contributed by atoms with Crippen molar-refractivity contribution in [3.05, 3.63) is 64.3 Å². The minimum Gasteiger partial charge on any atom is -0.346 e. The summed E-state index contributed by atoms with van der Waals surface area (Å²) in [7, 11) is 0. The number of halogens is 1. The number of anilines is 1. The first kappa shape index (κ1) is 21.1. The summed E-state index contributed by atoms with van der Waals surface area (Å²) in [6, 6.07) is 11.5. The lowest BCUT2D eigenvalue weighted by atomic mass is 10.1. The molecule has 5 nitrogen and oxygen atoms in total.